The summed E-state index contributed by atoms with van der Waals surface area (Å²) in [6, 6.07) is 18.2. The highest BCUT2D eigenvalue weighted by molar-refractivity contribution is 5.96. The topological polar surface area (TPSA) is 83.7 Å². The second-order valence-electron chi connectivity index (χ2n) is 6.61. The maximum atomic E-state index is 9.65. The number of rotatable bonds is 5. The summed E-state index contributed by atoms with van der Waals surface area (Å²) in [7, 11) is 1.56. The van der Waals surface area contributed by atoms with Crippen LogP contribution >= 0.6 is 0 Å². The fraction of sp³-hybridized carbons (Fsp3) is 0.130. The van der Waals surface area contributed by atoms with E-state index in [0.29, 0.717) is 17.1 Å². The van der Waals surface area contributed by atoms with E-state index in [1.165, 1.54) is 0 Å². The van der Waals surface area contributed by atoms with Gasteiger partial charge in [0.05, 0.1) is 42.0 Å². The number of pyridine rings is 1. The molecule has 142 valence electrons. The molecule has 1 atom stereocenters. The maximum Gasteiger partial charge on any atom is 0.232 e. The molecule has 0 fully saturated rings. The first-order valence-corrected chi connectivity index (χ1v) is 9.20. The van der Waals surface area contributed by atoms with Gasteiger partial charge in [0, 0.05) is 23.2 Å². The van der Waals surface area contributed by atoms with Gasteiger partial charge in [-0.2, -0.15) is 5.26 Å². The van der Waals surface area contributed by atoms with E-state index >= 15 is 0 Å². The van der Waals surface area contributed by atoms with Gasteiger partial charge >= 0.3 is 0 Å². The van der Waals surface area contributed by atoms with Gasteiger partial charge in [0.25, 0.3) is 0 Å². The quantitative estimate of drug-likeness (QED) is 0.537. The molecule has 0 saturated carbocycles. The Balaban J connectivity index is 1.82. The second kappa shape index (κ2) is 7.95. The molecule has 2 aromatic heterocycles. The number of aromatic nitrogens is 3. The number of hydrogen-bond donors (Lipinski definition) is 1. The van der Waals surface area contributed by atoms with Crippen LogP contribution in [0, 0.1) is 11.3 Å². The molecule has 6 heteroatoms. The van der Waals surface area contributed by atoms with Gasteiger partial charge in [-0.3, -0.25) is 9.97 Å². The van der Waals surface area contributed by atoms with Crippen molar-refractivity contribution in [2.75, 3.05) is 12.4 Å². The van der Waals surface area contributed by atoms with Crippen LogP contribution in [0.5, 0.6) is 5.88 Å². The van der Waals surface area contributed by atoms with Gasteiger partial charge in [0.15, 0.2) is 0 Å². The lowest BCUT2D eigenvalue weighted by molar-refractivity contribution is 0.396. The van der Waals surface area contributed by atoms with Crippen LogP contribution in [-0.2, 0) is 0 Å². The van der Waals surface area contributed by atoms with Crippen molar-refractivity contribution in [3.05, 3.63) is 78.2 Å². The van der Waals surface area contributed by atoms with Crippen molar-refractivity contribution in [2.45, 2.75) is 13.0 Å². The number of hydrogen-bond acceptors (Lipinski definition) is 6. The Labute approximate surface area is 168 Å². The average molecular weight is 381 g/mol. The minimum atomic E-state index is 0.0224. The second-order valence-corrected chi connectivity index (χ2v) is 6.61. The number of nitriles is 1. The zero-order valence-electron chi connectivity index (χ0n) is 16.1. The molecule has 29 heavy (non-hydrogen) atoms. The molecule has 4 aromatic rings. The molecule has 2 heterocycles. The SMILES string of the molecule is COc1cncc(-c2ccc3ncc(C#N)c(NC(C)c4ccccc4)c3c2)n1. The van der Waals surface area contributed by atoms with Crippen LogP contribution in [-0.4, -0.2) is 22.1 Å². The van der Waals surface area contributed by atoms with Crippen molar-refractivity contribution in [3.8, 4) is 23.2 Å². The molecule has 6 nitrogen and oxygen atoms in total. The minimum Gasteiger partial charge on any atom is -0.480 e. The van der Waals surface area contributed by atoms with Crippen LogP contribution in [0.2, 0.25) is 0 Å². The lowest BCUT2D eigenvalue weighted by Crippen LogP contribution is -2.08. The maximum absolute atomic E-state index is 9.65. The van der Waals surface area contributed by atoms with Gasteiger partial charge in [-0.25, -0.2) is 4.98 Å². The first-order chi connectivity index (χ1) is 14.2. The Morgan fingerprint density at radius 1 is 1.07 bits per heavy atom. The Bertz CT molecular complexity index is 1200. The first-order valence-electron chi connectivity index (χ1n) is 9.20. The number of anilines is 1. The summed E-state index contributed by atoms with van der Waals surface area (Å²) in [5.74, 6) is 0.447. The molecular weight excluding hydrogens is 362 g/mol. The lowest BCUT2D eigenvalue weighted by Gasteiger charge is -2.18. The number of fused-ring (bicyclic) bond motifs is 1. The van der Waals surface area contributed by atoms with E-state index in [4.69, 9.17) is 4.74 Å². The van der Waals surface area contributed by atoms with E-state index in [-0.39, 0.29) is 6.04 Å². The van der Waals surface area contributed by atoms with Crippen molar-refractivity contribution < 1.29 is 4.74 Å². The van der Waals surface area contributed by atoms with Gasteiger partial charge in [-0.15, -0.1) is 0 Å². The van der Waals surface area contributed by atoms with E-state index in [0.717, 1.165) is 27.7 Å². The standard InChI is InChI=1S/C23H19N5O/c1-15(16-6-4-3-5-7-16)27-23-18(11-24)12-26-20-9-8-17(10-19(20)23)21-13-25-14-22(28-21)29-2/h3-10,12-15H,1-2H3,(H,26,27). The third kappa shape index (κ3) is 3.71. The highest BCUT2D eigenvalue weighted by atomic mass is 16.5. The van der Waals surface area contributed by atoms with Crippen molar-refractivity contribution in [1.82, 2.24) is 15.0 Å². The van der Waals surface area contributed by atoms with Crippen LogP contribution in [0.15, 0.2) is 67.1 Å². The zero-order chi connectivity index (χ0) is 20.2. The number of ether oxygens (including phenoxy) is 1. The molecule has 2 aromatic carbocycles. The lowest BCUT2D eigenvalue weighted by atomic mass is 10.0. The third-order valence-electron chi connectivity index (χ3n) is 4.77. The highest BCUT2D eigenvalue weighted by Crippen LogP contribution is 2.32. The summed E-state index contributed by atoms with van der Waals surface area (Å²) in [6.07, 6.45) is 4.85. The molecule has 0 saturated heterocycles. The third-order valence-corrected chi connectivity index (χ3v) is 4.77. The largest absolute Gasteiger partial charge is 0.480 e. The molecule has 1 N–H and O–H groups in total. The van der Waals surface area contributed by atoms with Crippen LogP contribution in [0.4, 0.5) is 5.69 Å². The molecule has 0 aliphatic rings. The summed E-state index contributed by atoms with van der Waals surface area (Å²) in [4.78, 5) is 13.1. The van der Waals surface area contributed by atoms with E-state index in [2.05, 4.69) is 45.4 Å². The molecule has 0 aliphatic carbocycles. The van der Waals surface area contributed by atoms with Gasteiger partial charge in [-0.05, 0) is 24.6 Å². The zero-order valence-corrected chi connectivity index (χ0v) is 16.1. The Hall–Kier alpha value is -3.98. The normalized spacial score (nSPS) is 11.6. The first kappa shape index (κ1) is 18.4. The number of nitrogens with zero attached hydrogens (tertiary/aromatic N) is 4. The molecule has 0 radical (unpaired) electrons. The van der Waals surface area contributed by atoms with E-state index < -0.39 is 0 Å². The van der Waals surface area contributed by atoms with E-state index in [1.54, 1.807) is 25.7 Å². The van der Waals surface area contributed by atoms with E-state index in [9.17, 15) is 5.26 Å². The fourth-order valence-corrected chi connectivity index (χ4v) is 3.22. The monoisotopic (exact) mass is 381 g/mol. The van der Waals surface area contributed by atoms with Crippen LogP contribution in [0.3, 0.4) is 0 Å². The Morgan fingerprint density at radius 2 is 1.90 bits per heavy atom. The summed E-state index contributed by atoms with van der Waals surface area (Å²) < 4.78 is 5.18. The minimum absolute atomic E-state index is 0.0224. The number of benzene rings is 2. The van der Waals surface area contributed by atoms with Crippen LogP contribution in [0.1, 0.15) is 24.1 Å². The number of nitrogens with one attached hydrogen (secondary N) is 1. The van der Waals surface area contributed by atoms with Crippen molar-refractivity contribution in [1.29, 1.82) is 5.26 Å². The Morgan fingerprint density at radius 3 is 2.66 bits per heavy atom. The predicted molar refractivity (Wildman–Crippen MR) is 113 cm³/mol. The molecular formula is C23H19N5O. The van der Waals surface area contributed by atoms with Gasteiger partial charge < -0.3 is 10.1 Å². The summed E-state index contributed by atoms with van der Waals surface area (Å²) in [5, 5.41) is 14.0. The molecule has 0 aliphatic heterocycles. The molecule has 0 amide bonds. The summed E-state index contributed by atoms with van der Waals surface area (Å²) in [6.45, 7) is 2.07. The smallest absolute Gasteiger partial charge is 0.232 e. The predicted octanol–water partition coefficient (Wildman–Crippen LogP) is 4.75. The fourth-order valence-electron chi connectivity index (χ4n) is 3.22. The van der Waals surface area contributed by atoms with Crippen molar-refractivity contribution >= 4 is 16.6 Å². The van der Waals surface area contributed by atoms with Crippen LogP contribution in [0.25, 0.3) is 22.2 Å². The molecule has 0 spiro atoms. The number of methoxy groups -OCH3 is 1. The van der Waals surface area contributed by atoms with Crippen molar-refractivity contribution in [2.24, 2.45) is 0 Å². The van der Waals surface area contributed by atoms with Gasteiger partial charge in [0.1, 0.15) is 6.07 Å². The molecule has 1 unspecified atom stereocenters. The Kier molecular flexibility index (Phi) is 5.04. The average Bonchev–Trinajstić information content (AvgIpc) is 2.79. The van der Waals surface area contributed by atoms with Crippen molar-refractivity contribution in [3.63, 3.8) is 0 Å². The molecule has 4 rings (SSSR count). The van der Waals surface area contributed by atoms with E-state index in [1.807, 2.05) is 36.4 Å². The molecule has 0 bridgehead atoms. The summed E-state index contributed by atoms with van der Waals surface area (Å²) in [5.41, 5.74) is 4.75. The highest BCUT2D eigenvalue weighted by Gasteiger charge is 2.14. The summed E-state index contributed by atoms with van der Waals surface area (Å²) >= 11 is 0. The van der Waals surface area contributed by atoms with Gasteiger partial charge in [0.2, 0.25) is 5.88 Å². The van der Waals surface area contributed by atoms with Gasteiger partial charge in [-0.1, -0.05) is 36.4 Å². The van der Waals surface area contributed by atoms with Crippen LogP contribution < -0.4 is 10.1 Å².